The third-order valence-corrected chi connectivity index (χ3v) is 26.4. The molecule has 4 aliphatic heterocycles. The number of anilines is 6. The van der Waals surface area contributed by atoms with E-state index in [1.165, 1.54) is 44.1 Å². The van der Waals surface area contributed by atoms with Gasteiger partial charge in [0.15, 0.2) is 0 Å². The summed E-state index contributed by atoms with van der Waals surface area (Å²) in [6.45, 7) is 34.3. The van der Waals surface area contributed by atoms with Crippen molar-refractivity contribution in [1.82, 2.24) is 4.57 Å². The molecule has 0 N–H and O–H groups in total. The molecular formula is C116H101B2N3O2. The van der Waals surface area contributed by atoms with Crippen LogP contribution in [0, 0.1) is 0 Å². The molecule has 17 aromatic rings. The highest BCUT2D eigenvalue weighted by Crippen LogP contribution is 2.57. The second-order valence-corrected chi connectivity index (χ2v) is 39.6. The maximum Gasteiger partial charge on any atom is 0.260 e. The van der Waals surface area contributed by atoms with Crippen molar-refractivity contribution in [3.05, 3.63) is 368 Å². The smallest absolute Gasteiger partial charge is 0.260 e. The number of fused-ring (bicyclic) bond motifs is 12. The van der Waals surface area contributed by atoms with Gasteiger partial charge in [-0.25, -0.2) is 0 Å². The molecule has 16 aromatic carbocycles. The van der Waals surface area contributed by atoms with E-state index in [-0.39, 0.29) is 27.1 Å². The molecule has 123 heavy (non-hydrogen) atoms. The van der Waals surface area contributed by atoms with Gasteiger partial charge in [-0.3, -0.25) is 0 Å². The fraction of sp³-hybridized carbons (Fsp3) is 0.172. The zero-order chi connectivity index (χ0) is 84.5. The van der Waals surface area contributed by atoms with E-state index < -0.39 is 13.4 Å². The van der Waals surface area contributed by atoms with Crippen LogP contribution in [-0.4, -0.2) is 18.0 Å². The Bertz CT molecular complexity index is 6900. The summed E-state index contributed by atoms with van der Waals surface area (Å²) in [4.78, 5) is 5.36. The highest BCUT2D eigenvalue weighted by Gasteiger charge is 2.52. The van der Waals surface area contributed by atoms with Crippen LogP contribution >= 0.6 is 0 Å². The topological polar surface area (TPSA) is 29.9 Å². The largest absolute Gasteiger partial charge is 0.459 e. The quantitative estimate of drug-likeness (QED) is 0.128. The van der Waals surface area contributed by atoms with Gasteiger partial charge < -0.3 is 23.8 Å². The Morgan fingerprint density at radius 2 is 0.593 bits per heavy atom. The maximum atomic E-state index is 8.56. The van der Waals surface area contributed by atoms with Crippen molar-refractivity contribution in [2.45, 2.75) is 131 Å². The molecule has 4 aliphatic rings. The van der Waals surface area contributed by atoms with Crippen molar-refractivity contribution >= 4 is 102 Å². The van der Waals surface area contributed by atoms with Crippen molar-refractivity contribution in [2.75, 3.05) is 9.80 Å². The van der Waals surface area contributed by atoms with Gasteiger partial charge in [-0.2, -0.15) is 0 Å². The number of rotatable bonds is 10. The van der Waals surface area contributed by atoms with Gasteiger partial charge in [-0.1, -0.05) is 383 Å². The molecule has 598 valence electrons. The van der Waals surface area contributed by atoms with Crippen LogP contribution in [0.1, 0.15) is 132 Å². The molecule has 1 aromatic heterocycles. The first-order chi connectivity index (χ1) is 59.2. The second-order valence-electron chi connectivity index (χ2n) is 39.6. The maximum absolute atomic E-state index is 8.56. The number of hydrogen-bond donors (Lipinski definition) is 0. The summed E-state index contributed by atoms with van der Waals surface area (Å²) < 4.78 is 19.5. The van der Waals surface area contributed by atoms with Gasteiger partial charge in [0.2, 0.25) is 0 Å². The van der Waals surface area contributed by atoms with E-state index in [2.05, 4.69) is 458 Å². The average molecular weight is 1590 g/mol. The summed E-state index contributed by atoms with van der Waals surface area (Å²) >= 11 is 0. The van der Waals surface area contributed by atoms with Crippen LogP contribution in [0.5, 0.6) is 23.0 Å². The molecule has 0 bridgehead atoms. The number of para-hydroxylation sites is 2. The Kier molecular flexibility index (Phi) is 17.9. The van der Waals surface area contributed by atoms with Crippen LogP contribution in [-0.2, 0) is 27.1 Å². The summed E-state index contributed by atoms with van der Waals surface area (Å²) in [5.74, 6) is 3.14. The molecule has 0 aliphatic carbocycles. The van der Waals surface area contributed by atoms with Crippen LogP contribution < -0.4 is 52.1 Å². The standard InChI is InChI=1S/C116H101B2N3O2/c1-112(2,3)82-54-58-96-91(67-82)92-68-83(113(4,5)6)55-59-97(92)119(96)102-64-81(73-38-24-17-25-39-73)62-95-110(102)123-104-71-101-106(111-107(104)117(95)94-57-53-79(65-103(94)122-111)80-60-84(114(7,8)9)66-85(61-80)115(10,11)12)118-93-56-52-78(72-36-22-16-23-37-72)63-98(93)120(108-87(74-40-26-18-27-41-74)48-34-49-88(108)75-42-28-19-29-43-75)99-69-86(116(13,14)15)70-100(105(99)118)121(101)109-89(76-44-30-20-31-45-76)50-35-51-90(109)77-46-32-21-33-47-77/h16-71H,1-15H3. The second kappa shape index (κ2) is 28.6. The van der Waals surface area contributed by atoms with Crippen molar-refractivity contribution in [3.63, 3.8) is 0 Å². The lowest BCUT2D eigenvalue weighted by Gasteiger charge is -2.48. The number of ether oxygens (including phenoxy) is 2. The average Bonchev–Trinajstić information content (AvgIpc) is 0.778. The molecule has 0 saturated carbocycles. The van der Waals surface area contributed by atoms with Crippen LogP contribution in [0.3, 0.4) is 0 Å². The Morgan fingerprint density at radius 3 is 1.04 bits per heavy atom. The lowest BCUT2D eigenvalue weighted by molar-refractivity contribution is 0.466. The van der Waals surface area contributed by atoms with Gasteiger partial charge in [0.1, 0.15) is 23.0 Å². The third kappa shape index (κ3) is 13.0. The first-order valence-corrected chi connectivity index (χ1v) is 43.8. The van der Waals surface area contributed by atoms with Gasteiger partial charge in [-0.15, -0.1) is 0 Å². The fourth-order valence-corrected chi connectivity index (χ4v) is 19.8. The number of benzene rings is 16. The Labute approximate surface area is 726 Å². The zero-order valence-electron chi connectivity index (χ0n) is 73.1. The SMILES string of the molecule is CC(C)(C)c1cc(-c2ccc3c(c2)Oc2c4c(cc5c2B2c6ccc(-c7ccccc7)cc6N(c6c(-c7ccccc7)cccc6-c6ccccc6)c6cc(C(C)(C)C)cc(c62)N5c2c(-c5ccccc5)cccc2-c2ccccc2)Oc2c(cc(-c5ccccc5)cc2-n2c5ccc(C(C)(C)C)cc5c5cc(C(C)(C)C)ccc52)B34)cc(C(C)(C)C)c1. The van der Waals surface area contributed by atoms with Gasteiger partial charge in [-0.05, 0) is 192 Å². The Morgan fingerprint density at radius 1 is 0.220 bits per heavy atom. The van der Waals surface area contributed by atoms with Gasteiger partial charge in [0, 0.05) is 67.3 Å². The summed E-state index contributed by atoms with van der Waals surface area (Å²) in [6.07, 6.45) is 0. The number of aromatic nitrogens is 1. The predicted molar refractivity (Wildman–Crippen MR) is 524 cm³/mol. The molecule has 0 amide bonds. The molecule has 0 spiro atoms. The van der Waals surface area contributed by atoms with E-state index in [1.807, 2.05) is 0 Å². The van der Waals surface area contributed by atoms with Gasteiger partial charge >= 0.3 is 0 Å². The van der Waals surface area contributed by atoms with E-state index in [4.69, 9.17) is 9.47 Å². The third-order valence-electron chi connectivity index (χ3n) is 26.4. The highest BCUT2D eigenvalue weighted by atomic mass is 16.5. The molecule has 21 rings (SSSR count). The van der Waals surface area contributed by atoms with E-state index >= 15 is 0 Å². The number of hydrogen-bond acceptors (Lipinski definition) is 4. The first-order valence-electron chi connectivity index (χ1n) is 43.8. The summed E-state index contributed by atoms with van der Waals surface area (Å²) in [5.41, 5.74) is 37.1. The normalized spacial score (nSPS) is 13.4. The van der Waals surface area contributed by atoms with Crippen LogP contribution in [0.15, 0.2) is 340 Å². The molecular weight excluding hydrogens is 1490 g/mol. The van der Waals surface area contributed by atoms with Crippen LogP contribution in [0.2, 0.25) is 0 Å². The van der Waals surface area contributed by atoms with Gasteiger partial charge in [0.05, 0.1) is 28.1 Å². The molecule has 0 atom stereocenters. The minimum atomic E-state index is -0.454. The monoisotopic (exact) mass is 1590 g/mol. The fourth-order valence-electron chi connectivity index (χ4n) is 19.8. The molecule has 5 nitrogen and oxygen atoms in total. The van der Waals surface area contributed by atoms with Crippen molar-refractivity contribution in [2.24, 2.45) is 0 Å². The summed E-state index contributed by atoms with van der Waals surface area (Å²) in [5, 5.41) is 2.42. The van der Waals surface area contributed by atoms with E-state index in [1.54, 1.807) is 0 Å². The molecule has 0 unspecified atom stereocenters. The van der Waals surface area contributed by atoms with Crippen molar-refractivity contribution < 1.29 is 9.47 Å². The van der Waals surface area contributed by atoms with Crippen LogP contribution in [0.25, 0.3) is 105 Å². The molecule has 7 heteroatoms. The molecule has 0 saturated heterocycles. The highest BCUT2D eigenvalue weighted by molar-refractivity contribution is 7.03. The van der Waals surface area contributed by atoms with E-state index in [0.717, 1.165) is 179 Å². The zero-order valence-corrected chi connectivity index (χ0v) is 73.1. The van der Waals surface area contributed by atoms with Crippen molar-refractivity contribution in [3.8, 4) is 107 Å². The predicted octanol–water partition coefficient (Wildman–Crippen LogP) is 27.8. The Hall–Kier alpha value is -13.4. The van der Waals surface area contributed by atoms with Crippen molar-refractivity contribution in [1.29, 1.82) is 0 Å². The van der Waals surface area contributed by atoms with Gasteiger partial charge in [0.25, 0.3) is 13.4 Å². The minimum absolute atomic E-state index is 0.113. The lowest BCUT2D eigenvalue weighted by atomic mass is 9.30. The molecule has 5 heterocycles. The summed E-state index contributed by atoms with van der Waals surface area (Å²) in [6, 6.07) is 129. The molecule has 0 fully saturated rings. The molecule has 0 radical (unpaired) electrons. The van der Waals surface area contributed by atoms with Crippen LogP contribution in [0.4, 0.5) is 34.1 Å². The first kappa shape index (κ1) is 77.0. The van der Waals surface area contributed by atoms with E-state index in [9.17, 15) is 0 Å². The number of nitrogens with zero attached hydrogens (tertiary/aromatic N) is 3. The Balaban J connectivity index is 0.945. The minimum Gasteiger partial charge on any atom is -0.459 e. The lowest BCUT2D eigenvalue weighted by Crippen LogP contribution is -2.65. The summed E-state index contributed by atoms with van der Waals surface area (Å²) in [7, 11) is 0. The van der Waals surface area contributed by atoms with E-state index in [0.29, 0.717) is 0 Å².